The van der Waals surface area contributed by atoms with Crippen molar-refractivity contribution in [1.82, 2.24) is 4.90 Å². The SMILES string of the molecule is CC(C)(C)N(C(=O)O)[C@@](C)(CO)C(=O)Nc1ccc(OCCc2ccc(-c3ccsc3)cc2)cc1. The van der Waals surface area contributed by atoms with Gasteiger partial charge in [0.15, 0.2) is 0 Å². The first-order chi connectivity index (χ1) is 16.5. The molecule has 35 heavy (non-hydrogen) atoms. The van der Waals surface area contributed by atoms with E-state index in [2.05, 4.69) is 46.4 Å². The normalized spacial score (nSPS) is 13.1. The van der Waals surface area contributed by atoms with Crippen LogP contribution in [0.3, 0.4) is 0 Å². The van der Waals surface area contributed by atoms with Crippen molar-refractivity contribution in [1.29, 1.82) is 0 Å². The minimum Gasteiger partial charge on any atom is -0.493 e. The predicted octanol–water partition coefficient (Wildman–Crippen LogP) is 5.50. The average molecular weight is 497 g/mol. The number of nitrogens with zero attached hydrogens (tertiary/aromatic N) is 1. The molecule has 3 aromatic rings. The van der Waals surface area contributed by atoms with Crippen molar-refractivity contribution in [2.75, 3.05) is 18.5 Å². The molecule has 0 radical (unpaired) electrons. The van der Waals surface area contributed by atoms with E-state index in [1.807, 2.05) is 0 Å². The van der Waals surface area contributed by atoms with Crippen LogP contribution in [0.5, 0.6) is 5.75 Å². The molecule has 2 amide bonds. The molecule has 7 nitrogen and oxygen atoms in total. The van der Waals surface area contributed by atoms with Crippen LogP contribution in [0, 0.1) is 0 Å². The van der Waals surface area contributed by atoms with Gasteiger partial charge in [-0.15, -0.1) is 0 Å². The Morgan fingerprint density at radius 1 is 0.971 bits per heavy atom. The highest BCUT2D eigenvalue weighted by molar-refractivity contribution is 7.08. The summed E-state index contributed by atoms with van der Waals surface area (Å²) in [6.45, 7) is 6.28. The molecule has 0 aliphatic rings. The van der Waals surface area contributed by atoms with Crippen molar-refractivity contribution in [3.63, 3.8) is 0 Å². The van der Waals surface area contributed by atoms with Gasteiger partial charge >= 0.3 is 6.09 Å². The van der Waals surface area contributed by atoms with Crippen molar-refractivity contribution >= 4 is 29.0 Å². The summed E-state index contributed by atoms with van der Waals surface area (Å²) < 4.78 is 5.84. The van der Waals surface area contributed by atoms with E-state index in [1.165, 1.54) is 23.6 Å². The van der Waals surface area contributed by atoms with Crippen LogP contribution < -0.4 is 10.1 Å². The maximum Gasteiger partial charge on any atom is 0.408 e. The molecule has 0 aliphatic heterocycles. The van der Waals surface area contributed by atoms with E-state index in [9.17, 15) is 19.8 Å². The van der Waals surface area contributed by atoms with E-state index in [1.54, 1.807) is 56.4 Å². The summed E-state index contributed by atoms with van der Waals surface area (Å²) in [6, 6.07) is 17.4. The molecule has 0 saturated carbocycles. The van der Waals surface area contributed by atoms with E-state index < -0.39 is 29.7 Å². The third-order valence-electron chi connectivity index (χ3n) is 5.73. The van der Waals surface area contributed by atoms with Gasteiger partial charge in [0.2, 0.25) is 0 Å². The Kier molecular flexibility index (Phi) is 8.19. The van der Waals surface area contributed by atoms with E-state index >= 15 is 0 Å². The molecule has 186 valence electrons. The van der Waals surface area contributed by atoms with Gasteiger partial charge in [-0.25, -0.2) is 4.79 Å². The molecule has 3 rings (SSSR count). The van der Waals surface area contributed by atoms with Crippen molar-refractivity contribution in [3.05, 3.63) is 70.9 Å². The summed E-state index contributed by atoms with van der Waals surface area (Å²) in [5.41, 5.74) is 1.53. The number of thiophene rings is 1. The Hall–Kier alpha value is -3.36. The highest BCUT2D eigenvalue weighted by atomic mass is 32.1. The summed E-state index contributed by atoms with van der Waals surface area (Å²) in [5.74, 6) is 0.0431. The van der Waals surface area contributed by atoms with Gasteiger partial charge in [-0.3, -0.25) is 9.69 Å². The topological polar surface area (TPSA) is 99.1 Å². The van der Waals surface area contributed by atoms with Crippen LogP contribution in [0.2, 0.25) is 0 Å². The minimum atomic E-state index is -1.65. The molecule has 1 aromatic heterocycles. The number of aliphatic hydroxyl groups excluding tert-OH is 1. The second-order valence-electron chi connectivity index (χ2n) is 9.51. The van der Waals surface area contributed by atoms with Crippen molar-refractivity contribution in [2.45, 2.75) is 45.2 Å². The molecular formula is C27H32N2O5S. The first-order valence-corrected chi connectivity index (χ1v) is 12.3. The second kappa shape index (κ2) is 10.9. The predicted molar refractivity (Wildman–Crippen MR) is 139 cm³/mol. The van der Waals surface area contributed by atoms with Crippen LogP contribution in [0.25, 0.3) is 11.1 Å². The number of carboxylic acid groups (broad SMARTS) is 1. The lowest BCUT2D eigenvalue weighted by atomic mass is 9.93. The van der Waals surface area contributed by atoms with Crippen molar-refractivity contribution < 1.29 is 24.5 Å². The number of aliphatic hydroxyl groups is 1. The van der Waals surface area contributed by atoms with Crippen LogP contribution in [0.15, 0.2) is 65.4 Å². The van der Waals surface area contributed by atoms with Crippen LogP contribution in [0.1, 0.15) is 33.3 Å². The summed E-state index contributed by atoms with van der Waals surface area (Å²) in [4.78, 5) is 25.8. The first kappa shape index (κ1) is 26.2. The number of hydrogen-bond acceptors (Lipinski definition) is 5. The summed E-state index contributed by atoms with van der Waals surface area (Å²) in [6.07, 6.45) is -0.524. The highest BCUT2D eigenvalue weighted by Gasteiger charge is 2.47. The van der Waals surface area contributed by atoms with E-state index in [4.69, 9.17) is 4.74 Å². The van der Waals surface area contributed by atoms with Gasteiger partial charge in [0, 0.05) is 17.6 Å². The maximum absolute atomic E-state index is 13.0. The summed E-state index contributed by atoms with van der Waals surface area (Å²) in [7, 11) is 0. The van der Waals surface area contributed by atoms with Gasteiger partial charge in [-0.05, 0) is 85.5 Å². The largest absolute Gasteiger partial charge is 0.493 e. The molecule has 0 bridgehead atoms. The molecule has 8 heteroatoms. The van der Waals surface area contributed by atoms with Crippen LogP contribution in [-0.2, 0) is 11.2 Å². The van der Waals surface area contributed by atoms with Crippen LogP contribution in [0.4, 0.5) is 10.5 Å². The fourth-order valence-corrected chi connectivity index (χ4v) is 4.63. The number of hydrogen-bond donors (Lipinski definition) is 3. The zero-order valence-corrected chi connectivity index (χ0v) is 21.3. The van der Waals surface area contributed by atoms with Gasteiger partial charge in [0.25, 0.3) is 5.91 Å². The van der Waals surface area contributed by atoms with Crippen LogP contribution >= 0.6 is 11.3 Å². The molecular weight excluding hydrogens is 464 g/mol. The van der Waals surface area contributed by atoms with E-state index in [-0.39, 0.29) is 0 Å². The zero-order chi connectivity index (χ0) is 25.6. The average Bonchev–Trinajstić information content (AvgIpc) is 3.34. The molecule has 1 atom stereocenters. The lowest BCUT2D eigenvalue weighted by molar-refractivity contribution is -0.132. The molecule has 0 spiro atoms. The lowest BCUT2D eigenvalue weighted by Crippen LogP contribution is -2.65. The van der Waals surface area contributed by atoms with Crippen molar-refractivity contribution in [2.24, 2.45) is 0 Å². The number of amides is 2. The molecule has 0 saturated heterocycles. The summed E-state index contributed by atoms with van der Waals surface area (Å²) in [5, 5.41) is 26.5. The highest BCUT2D eigenvalue weighted by Crippen LogP contribution is 2.28. The van der Waals surface area contributed by atoms with Gasteiger partial charge in [-0.1, -0.05) is 24.3 Å². The number of benzene rings is 2. The Morgan fingerprint density at radius 3 is 2.14 bits per heavy atom. The van der Waals surface area contributed by atoms with E-state index in [0.717, 1.165) is 11.3 Å². The zero-order valence-electron chi connectivity index (χ0n) is 20.4. The first-order valence-electron chi connectivity index (χ1n) is 11.3. The van der Waals surface area contributed by atoms with E-state index in [0.29, 0.717) is 18.0 Å². The van der Waals surface area contributed by atoms with Gasteiger partial charge in [0.1, 0.15) is 11.3 Å². The molecule has 0 fully saturated rings. The van der Waals surface area contributed by atoms with Gasteiger partial charge in [0.05, 0.1) is 13.2 Å². The smallest absolute Gasteiger partial charge is 0.408 e. The number of ether oxygens (including phenoxy) is 1. The van der Waals surface area contributed by atoms with Gasteiger partial charge in [-0.2, -0.15) is 11.3 Å². The molecule has 2 aromatic carbocycles. The second-order valence-corrected chi connectivity index (χ2v) is 10.3. The number of carbonyl (C=O) groups is 2. The third kappa shape index (κ3) is 6.41. The standard InChI is InChI=1S/C27H32N2O5S/c1-26(2,3)29(25(32)33)27(4,18-30)24(31)28-22-9-11-23(12-10-22)34-15-13-19-5-7-20(8-6-19)21-14-16-35-17-21/h5-12,14,16-17,30H,13,15,18H2,1-4H3,(H,28,31)(H,32,33)/t27-/m0/s1. The maximum atomic E-state index is 13.0. The van der Waals surface area contributed by atoms with Crippen LogP contribution in [-0.4, -0.2) is 51.4 Å². The molecule has 0 aliphatic carbocycles. The number of rotatable bonds is 9. The summed E-state index contributed by atoms with van der Waals surface area (Å²) >= 11 is 1.68. The number of nitrogens with one attached hydrogen (secondary N) is 1. The lowest BCUT2D eigenvalue weighted by Gasteiger charge is -2.44. The van der Waals surface area contributed by atoms with Crippen molar-refractivity contribution in [3.8, 4) is 16.9 Å². The fourth-order valence-electron chi connectivity index (χ4n) is 3.96. The minimum absolute atomic E-state index is 0.477. The Morgan fingerprint density at radius 2 is 1.63 bits per heavy atom. The Balaban J connectivity index is 1.56. The molecule has 1 heterocycles. The third-order valence-corrected chi connectivity index (χ3v) is 6.42. The molecule has 3 N–H and O–H groups in total. The Bertz CT molecular complexity index is 1120. The Labute approximate surface area is 210 Å². The number of carbonyl (C=O) groups excluding carboxylic acids is 1. The quantitative estimate of drug-likeness (QED) is 0.363. The number of anilines is 1. The molecule has 0 unspecified atom stereocenters. The fraction of sp³-hybridized carbons (Fsp3) is 0.333. The monoisotopic (exact) mass is 496 g/mol. The van der Waals surface area contributed by atoms with Gasteiger partial charge < -0.3 is 20.3 Å².